The SMILES string of the molecule is CC(C)OC(=O)[C@H](C)N[P@@](=O)(OC[C@H]1O[C@@H](n2ccc3c(NO)nc(N)nc32)[C@H](O)[C@@H]1O)Oc1ccccc1. The van der Waals surface area contributed by atoms with Gasteiger partial charge >= 0.3 is 13.7 Å². The van der Waals surface area contributed by atoms with E-state index in [2.05, 4.69) is 15.1 Å². The molecule has 0 saturated carbocycles. The molecule has 0 amide bonds. The van der Waals surface area contributed by atoms with Crippen LogP contribution in [0.4, 0.5) is 11.8 Å². The number of anilines is 2. The third-order valence-electron chi connectivity index (χ3n) is 5.74. The largest absolute Gasteiger partial charge is 0.462 e. The normalized spacial score (nSPS) is 23.5. The molecule has 1 fully saturated rings. The standard InChI is InChI=1S/C23H31N6O9P/c1-12(2)36-22(32)13(3)28-39(34,38-14-7-5-4-6-8-14)35-11-16-17(30)18(31)21(37-16)29-10-9-15-19(27-33)25-23(24)26-20(15)29/h4-10,12-13,16-18,21,30-31,33H,11H2,1-3H3,(H,28,34)(H3,24,25,26,27)/t13-,16+,17+,18+,21+,39+/m0/s1. The molecule has 1 aliphatic rings. The Morgan fingerprint density at radius 1 is 1.18 bits per heavy atom. The Balaban J connectivity index is 1.52. The molecule has 0 unspecified atom stereocenters. The molecule has 0 spiro atoms. The number of ether oxygens (including phenoxy) is 2. The van der Waals surface area contributed by atoms with Crippen molar-refractivity contribution in [2.24, 2.45) is 0 Å². The van der Waals surface area contributed by atoms with Gasteiger partial charge in [0.2, 0.25) is 5.95 Å². The number of nitrogens with one attached hydrogen (secondary N) is 2. The van der Waals surface area contributed by atoms with Crippen molar-refractivity contribution < 1.29 is 43.3 Å². The molecule has 16 heteroatoms. The van der Waals surface area contributed by atoms with Gasteiger partial charge in [0.05, 0.1) is 18.1 Å². The van der Waals surface area contributed by atoms with Crippen LogP contribution in [0, 0.1) is 0 Å². The highest BCUT2D eigenvalue weighted by Gasteiger charge is 2.46. The van der Waals surface area contributed by atoms with E-state index in [0.29, 0.717) is 5.39 Å². The van der Waals surface area contributed by atoms with Crippen LogP contribution in [-0.2, 0) is 23.4 Å². The zero-order valence-corrected chi connectivity index (χ0v) is 22.3. The molecule has 0 radical (unpaired) electrons. The number of aliphatic hydroxyl groups is 2. The highest BCUT2D eigenvalue weighted by molar-refractivity contribution is 7.52. The van der Waals surface area contributed by atoms with Crippen LogP contribution >= 0.6 is 7.75 Å². The number of nitrogens with two attached hydrogens (primary N) is 1. The minimum Gasteiger partial charge on any atom is -0.462 e. The second kappa shape index (κ2) is 11.8. The fourth-order valence-corrected chi connectivity index (χ4v) is 5.45. The van der Waals surface area contributed by atoms with E-state index in [0.717, 1.165) is 0 Å². The molecule has 2 aromatic heterocycles. The maximum absolute atomic E-state index is 13.7. The van der Waals surface area contributed by atoms with Gasteiger partial charge in [-0.25, -0.2) is 4.57 Å². The van der Waals surface area contributed by atoms with Gasteiger partial charge in [0.25, 0.3) is 0 Å². The van der Waals surface area contributed by atoms with E-state index in [1.807, 2.05) is 5.48 Å². The Morgan fingerprint density at radius 3 is 2.56 bits per heavy atom. The van der Waals surface area contributed by atoms with Gasteiger partial charge in [0.15, 0.2) is 12.0 Å². The van der Waals surface area contributed by atoms with Crippen LogP contribution in [0.5, 0.6) is 5.75 Å². The summed E-state index contributed by atoms with van der Waals surface area (Å²) < 4.78 is 37.3. The molecular formula is C23H31N6O9P. The molecular weight excluding hydrogens is 535 g/mol. The summed E-state index contributed by atoms with van der Waals surface area (Å²) in [6.07, 6.45) is -4.10. The summed E-state index contributed by atoms with van der Waals surface area (Å²) in [5, 5.41) is 33.7. The summed E-state index contributed by atoms with van der Waals surface area (Å²) in [6.45, 7) is 4.31. The zero-order valence-electron chi connectivity index (χ0n) is 21.4. The molecule has 1 saturated heterocycles. The summed E-state index contributed by atoms with van der Waals surface area (Å²) in [5.41, 5.74) is 7.87. The predicted molar refractivity (Wildman–Crippen MR) is 138 cm³/mol. The molecule has 4 rings (SSSR count). The van der Waals surface area contributed by atoms with Gasteiger partial charge in [0, 0.05) is 6.20 Å². The molecule has 212 valence electrons. The molecule has 6 atom stereocenters. The van der Waals surface area contributed by atoms with Gasteiger partial charge in [-0.05, 0) is 39.0 Å². The first-order valence-corrected chi connectivity index (χ1v) is 13.6. The molecule has 1 aromatic carbocycles. The monoisotopic (exact) mass is 566 g/mol. The van der Waals surface area contributed by atoms with E-state index in [9.17, 15) is 24.8 Å². The fourth-order valence-electron chi connectivity index (χ4n) is 3.94. The number of carbonyl (C=O) groups is 1. The number of esters is 1. The lowest BCUT2D eigenvalue weighted by Gasteiger charge is -2.25. The smallest absolute Gasteiger partial charge is 0.459 e. The summed E-state index contributed by atoms with van der Waals surface area (Å²) in [5.74, 6) is -0.579. The number of hydrogen-bond donors (Lipinski definition) is 6. The van der Waals surface area contributed by atoms with Gasteiger partial charge in [-0.3, -0.25) is 20.0 Å². The van der Waals surface area contributed by atoms with Gasteiger partial charge < -0.3 is 34.5 Å². The molecule has 0 bridgehead atoms. The van der Waals surface area contributed by atoms with Gasteiger partial charge in [0.1, 0.15) is 35.8 Å². The Bertz CT molecular complexity index is 1340. The van der Waals surface area contributed by atoms with Crippen molar-refractivity contribution in [3.63, 3.8) is 0 Å². The van der Waals surface area contributed by atoms with Gasteiger partial charge in [-0.2, -0.15) is 15.1 Å². The van der Waals surface area contributed by atoms with E-state index >= 15 is 0 Å². The quantitative estimate of drug-likeness (QED) is 0.110. The summed E-state index contributed by atoms with van der Waals surface area (Å²) >= 11 is 0. The number of hydrogen-bond acceptors (Lipinski definition) is 13. The highest BCUT2D eigenvalue weighted by Crippen LogP contribution is 2.46. The van der Waals surface area contributed by atoms with Gasteiger partial charge in [-0.1, -0.05) is 18.2 Å². The molecule has 3 aromatic rings. The Kier molecular flexibility index (Phi) is 8.71. The van der Waals surface area contributed by atoms with Crippen molar-refractivity contribution >= 4 is 36.5 Å². The average Bonchev–Trinajstić information content (AvgIpc) is 3.42. The minimum absolute atomic E-state index is 0.0411. The average molecular weight is 567 g/mol. The highest BCUT2D eigenvalue weighted by atomic mass is 31.2. The summed E-state index contributed by atoms with van der Waals surface area (Å²) in [7, 11) is -4.23. The van der Waals surface area contributed by atoms with Crippen LogP contribution in [-0.4, -0.2) is 73.0 Å². The van der Waals surface area contributed by atoms with Crippen LogP contribution < -0.4 is 20.8 Å². The lowest BCUT2D eigenvalue weighted by molar-refractivity contribution is -0.149. The van der Waals surface area contributed by atoms with E-state index in [4.69, 9.17) is 24.3 Å². The van der Waals surface area contributed by atoms with Crippen LogP contribution in [0.15, 0.2) is 42.6 Å². The number of aliphatic hydroxyl groups excluding tert-OH is 2. The third-order valence-corrected chi connectivity index (χ3v) is 7.38. The topological polar surface area (TPSA) is 213 Å². The molecule has 39 heavy (non-hydrogen) atoms. The molecule has 3 heterocycles. The summed E-state index contributed by atoms with van der Waals surface area (Å²) in [4.78, 5) is 20.4. The maximum atomic E-state index is 13.7. The predicted octanol–water partition coefficient (Wildman–Crippen LogP) is 1.57. The lowest BCUT2D eigenvalue weighted by Crippen LogP contribution is -2.38. The van der Waals surface area contributed by atoms with E-state index in [-0.39, 0.29) is 23.2 Å². The molecule has 15 nitrogen and oxygen atoms in total. The second-order valence-electron chi connectivity index (χ2n) is 9.08. The van der Waals surface area contributed by atoms with Crippen molar-refractivity contribution in [1.82, 2.24) is 19.6 Å². The number of fused-ring (bicyclic) bond motifs is 1. The molecule has 7 N–H and O–H groups in total. The van der Waals surface area contributed by atoms with Crippen molar-refractivity contribution in [3.05, 3.63) is 42.6 Å². The molecule has 1 aliphatic heterocycles. The number of nitrogen functional groups attached to an aromatic ring is 1. The van der Waals surface area contributed by atoms with Crippen molar-refractivity contribution in [3.8, 4) is 5.75 Å². The number of para-hydroxylation sites is 1. The Hall–Kier alpha value is -3.30. The van der Waals surface area contributed by atoms with Crippen molar-refractivity contribution in [1.29, 1.82) is 0 Å². The van der Waals surface area contributed by atoms with Crippen LogP contribution in [0.2, 0.25) is 0 Å². The van der Waals surface area contributed by atoms with Crippen molar-refractivity contribution in [2.75, 3.05) is 17.8 Å². The minimum atomic E-state index is -4.23. The van der Waals surface area contributed by atoms with Crippen molar-refractivity contribution in [2.45, 2.75) is 57.5 Å². The first kappa shape index (κ1) is 28.7. The lowest BCUT2D eigenvalue weighted by atomic mass is 10.1. The number of nitrogens with zero attached hydrogens (tertiary/aromatic N) is 3. The van der Waals surface area contributed by atoms with Crippen LogP contribution in [0.1, 0.15) is 27.0 Å². The first-order chi connectivity index (χ1) is 18.5. The first-order valence-electron chi connectivity index (χ1n) is 12.0. The number of carbonyl (C=O) groups excluding carboxylic acids is 1. The summed E-state index contributed by atoms with van der Waals surface area (Å²) in [6, 6.07) is 8.66. The maximum Gasteiger partial charge on any atom is 0.459 e. The van der Waals surface area contributed by atoms with Crippen LogP contribution in [0.3, 0.4) is 0 Å². The van der Waals surface area contributed by atoms with E-state index in [1.165, 1.54) is 17.7 Å². The van der Waals surface area contributed by atoms with Gasteiger partial charge in [-0.15, -0.1) is 0 Å². The third kappa shape index (κ3) is 6.47. The Labute approximate surface area is 223 Å². The second-order valence-corrected chi connectivity index (χ2v) is 10.8. The fraction of sp³-hybridized carbons (Fsp3) is 0.435. The van der Waals surface area contributed by atoms with E-state index in [1.54, 1.807) is 50.2 Å². The number of rotatable bonds is 11. The Morgan fingerprint density at radius 2 is 1.90 bits per heavy atom. The molecule has 0 aliphatic carbocycles. The number of aromatic nitrogens is 3. The zero-order chi connectivity index (χ0) is 28.3. The van der Waals surface area contributed by atoms with E-state index < -0.39 is 57.0 Å². The van der Waals surface area contributed by atoms with Crippen LogP contribution in [0.25, 0.3) is 11.0 Å². The number of benzene rings is 1.